The highest BCUT2D eigenvalue weighted by atomic mass is 32.2. The zero-order chi connectivity index (χ0) is 7.07. The van der Waals surface area contributed by atoms with Crippen molar-refractivity contribution in [2.24, 2.45) is 0 Å². The topological polar surface area (TPSA) is 26.3 Å². The standard InChI is InChI=1S/C6H10O2S/c1-4-6(2,3)8-5(7)9-4/h4H,1-3H3. The maximum Gasteiger partial charge on any atom is 0.368 e. The molecule has 0 amide bonds. The first-order chi connectivity index (χ1) is 4.02. The van der Waals surface area contributed by atoms with Gasteiger partial charge in [0.05, 0.1) is 5.25 Å². The molecule has 1 aliphatic heterocycles. The molecular weight excluding hydrogens is 136 g/mol. The molecule has 1 rings (SSSR count). The SMILES string of the molecule is CC1SC(=O)OC1(C)C. The molecule has 1 fully saturated rings. The summed E-state index contributed by atoms with van der Waals surface area (Å²) in [6.45, 7) is 5.85. The van der Waals surface area contributed by atoms with E-state index in [2.05, 4.69) is 0 Å². The van der Waals surface area contributed by atoms with Crippen LogP contribution in [-0.4, -0.2) is 16.2 Å². The molecule has 0 aromatic rings. The molecule has 1 heterocycles. The van der Waals surface area contributed by atoms with Crippen molar-refractivity contribution in [2.75, 3.05) is 0 Å². The first kappa shape index (κ1) is 6.93. The van der Waals surface area contributed by atoms with Crippen LogP contribution in [-0.2, 0) is 4.74 Å². The molecule has 0 aliphatic carbocycles. The predicted molar refractivity (Wildman–Crippen MR) is 37.6 cm³/mol. The number of hydrogen-bond acceptors (Lipinski definition) is 3. The number of hydrogen-bond donors (Lipinski definition) is 0. The third kappa shape index (κ3) is 1.21. The van der Waals surface area contributed by atoms with Crippen molar-refractivity contribution in [3.8, 4) is 0 Å². The van der Waals surface area contributed by atoms with Crippen LogP contribution in [0.15, 0.2) is 0 Å². The summed E-state index contributed by atoms with van der Waals surface area (Å²) in [6.07, 6.45) is 0. The van der Waals surface area contributed by atoms with Crippen LogP contribution in [0.1, 0.15) is 20.8 Å². The minimum atomic E-state index is -0.262. The van der Waals surface area contributed by atoms with Crippen LogP contribution >= 0.6 is 11.8 Å². The van der Waals surface area contributed by atoms with Gasteiger partial charge in [-0.2, -0.15) is 0 Å². The van der Waals surface area contributed by atoms with Crippen molar-refractivity contribution in [3.05, 3.63) is 0 Å². The van der Waals surface area contributed by atoms with E-state index in [1.807, 2.05) is 20.8 Å². The van der Waals surface area contributed by atoms with Crippen LogP contribution in [0.25, 0.3) is 0 Å². The van der Waals surface area contributed by atoms with Crippen LogP contribution in [0.2, 0.25) is 0 Å². The minimum Gasteiger partial charge on any atom is -0.450 e. The number of carbonyl (C=O) groups is 1. The summed E-state index contributed by atoms with van der Waals surface area (Å²) in [4.78, 5) is 10.6. The number of cyclic esters (lactones) is 1. The summed E-state index contributed by atoms with van der Waals surface area (Å²) < 4.78 is 4.98. The van der Waals surface area contributed by atoms with Crippen molar-refractivity contribution < 1.29 is 9.53 Å². The number of thioether (sulfide) groups is 1. The Morgan fingerprint density at radius 2 is 2.22 bits per heavy atom. The van der Waals surface area contributed by atoms with Gasteiger partial charge in [-0.15, -0.1) is 0 Å². The second-order valence-corrected chi connectivity index (χ2v) is 3.99. The van der Waals surface area contributed by atoms with E-state index in [0.717, 1.165) is 0 Å². The first-order valence-electron chi connectivity index (χ1n) is 2.92. The second-order valence-electron chi connectivity index (χ2n) is 2.72. The van der Waals surface area contributed by atoms with E-state index >= 15 is 0 Å². The van der Waals surface area contributed by atoms with Gasteiger partial charge in [0.15, 0.2) is 0 Å². The number of carbonyl (C=O) groups excluding carboxylic acids is 1. The molecule has 1 saturated heterocycles. The Balaban J connectivity index is 2.69. The molecule has 0 radical (unpaired) electrons. The number of rotatable bonds is 0. The van der Waals surface area contributed by atoms with Gasteiger partial charge in [0.2, 0.25) is 0 Å². The molecule has 9 heavy (non-hydrogen) atoms. The van der Waals surface area contributed by atoms with Crippen LogP contribution in [0, 0.1) is 0 Å². The molecular formula is C6H10O2S. The van der Waals surface area contributed by atoms with Crippen molar-refractivity contribution >= 4 is 17.1 Å². The smallest absolute Gasteiger partial charge is 0.368 e. The molecule has 0 bridgehead atoms. The van der Waals surface area contributed by atoms with Gasteiger partial charge in [0, 0.05) is 0 Å². The fourth-order valence-electron chi connectivity index (χ4n) is 0.608. The van der Waals surface area contributed by atoms with E-state index in [0.29, 0.717) is 0 Å². The lowest BCUT2D eigenvalue weighted by molar-refractivity contribution is 0.0720. The van der Waals surface area contributed by atoms with Gasteiger partial charge in [0.25, 0.3) is 0 Å². The lowest BCUT2D eigenvalue weighted by atomic mass is 10.1. The Labute approximate surface area is 59.0 Å². The zero-order valence-corrected chi connectivity index (χ0v) is 6.62. The van der Waals surface area contributed by atoms with E-state index in [1.165, 1.54) is 11.8 Å². The molecule has 0 aromatic carbocycles. The molecule has 2 nitrogen and oxygen atoms in total. The minimum absolute atomic E-state index is 0.146. The molecule has 0 saturated carbocycles. The summed E-state index contributed by atoms with van der Waals surface area (Å²) in [5, 5.41) is 0.137. The third-order valence-corrected chi connectivity index (χ3v) is 2.80. The van der Waals surface area contributed by atoms with Crippen LogP contribution in [0.5, 0.6) is 0 Å². The van der Waals surface area contributed by atoms with Gasteiger partial charge in [-0.1, -0.05) is 0 Å². The Bertz CT molecular complexity index is 142. The second kappa shape index (κ2) is 1.90. The summed E-state index contributed by atoms with van der Waals surface area (Å²) in [5.41, 5.74) is -0.262. The van der Waals surface area contributed by atoms with Gasteiger partial charge in [0.1, 0.15) is 5.60 Å². The van der Waals surface area contributed by atoms with Gasteiger partial charge in [-0.05, 0) is 32.5 Å². The highest BCUT2D eigenvalue weighted by Gasteiger charge is 2.39. The van der Waals surface area contributed by atoms with Gasteiger partial charge in [-0.3, -0.25) is 0 Å². The largest absolute Gasteiger partial charge is 0.450 e. The summed E-state index contributed by atoms with van der Waals surface area (Å²) in [6, 6.07) is 0. The molecule has 0 spiro atoms. The van der Waals surface area contributed by atoms with Crippen LogP contribution < -0.4 is 0 Å². The van der Waals surface area contributed by atoms with Crippen LogP contribution in [0.4, 0.5) is 4.79 Å². The fourth-order valence-corrected chi connectivity index (χ4v) is 1.49. The monoisotopic (exact) mass is 146 g/mol. The average Bonchev–Trinajstić information content (AvgIpc) is 1.79. The molecule has 52 valence electrons. The lowest BCUT2D eigenvalue weighted by Crippen LogP contribution is -2.28. The third-order valence-electron chi connectivity index (χ3n) is 1.60. The number of ether oxygens (including phenoxy) is 1. The molecule has 1 aliphatic rings. The molecule has 0 N–H and O–H groups in total. The van der Waals surface area contributed by atoms with E-state index in [9.17, 15) is 4.79 Å². The summed E-state index contributed by atoms with van der Waals surface area (Å²) >= 11 is 1.27. The first-order valence-corrected chi connectivity index (χ1v) is 3.80. The van der Waals surface area contributed by atoms with Crippen LogP contribution in [0.3, 0.4) is 0 Å². The summed E-state index contributed by atoms with van der Waals surface area (Å²) in [7, 11) is 0. The van der Waals surface area contributed by atoms with Crippen molar-refractivity contribution in [1.82, 2.24) is 0 Å². The Morgan fingerprint density at radius 3 is 2.33 bits per heavy atom. The maximum absolute atomic E-state index is 10.6. The zero-order valence-electron chi connectivity index (χ0n) is 5.80. The van der Waals surface area contributed by atoms with Crippen molar-refractivity contribution in [2.45, 2.75) is 31.6 Å². The van der Waals surface area contributed by atoms with Crippen molar-refractivity contribution in [1.29, 1.82) is 0 Å². The highest BCUT2D eigenvalue weighted by molar-refractivity contribution is 8.14. The fraction of sp³-hybridized carbons (Fsp3) is 0.833. The van der Waals surface area contributed by atoms with E-state index in [4.69, 9.17) is 4.74 Å². The van der Waals surface area contributed by atoms with Crippen molar-refractivity contribution in [3.63, 3.8) is 0 Å². The normalized spacial score (nSPS) is 32.3. The maximum atomic E-state index is 10.6. The Hall–Kier alpha value is -0.180. The van der Waals surface area contributed by atoms with E-state index < -0.39 is 0 Å². The average molecular weight is 146 g/mol. The predicted octanol–water partition coefficient (Wildman–Crippen LogP) is 2.04. The van der Waals surface area contributed by atoms with Gasteiger partial charge in [-0.25, -0.2) is 4.79 Å². The molecule has 1 atom stereocenters. The lowest BCUT2D eigenvalue weighted by Gasteiger charge is -2.19. The summed E-state index contributed by atoms with van der Waals surface area (Å²) in [5.74, 6) is 0. The van der Waals surface area contributed by atoms with Gasteiger partial charge >= 0.3 is 5.30 Å². The highest BCUT2D eigenvalue weighted by Crippen LogP contribution is 2.35. The molecule has 3 heteroatoms. The Kier molecular flexibility index (Phi) is 1.47. The van der Waals surface area contributed by atoms with E-state index in [-0.39, 0.29) is 16.2 Å². The molecule has 0 aromatic heterocycles. The Morgan fingerprint density at radius 1 is 1.67 bits per heavy atom. The quantitative estimate of drug-likeness (QED) is 0.489. The van der Waals surface area contributed by atoms with Gasteiger partial charge < -0.3 is 4.74 Å². The van der Waals surface area contributed by atoms with E-state index in [1.54, 1.807) is 0 Å². The molecule has 1 unspecified atom stereocenters.